The van der Waals surface area contributed by atoms with Gasteiger partial charge >= 0.3 is 0 Å². The maximum Gasteiger partial charge on any atom is 0.0410 e. The molecule has 0 aromatic heterocycles. The van der Waals surface area contributed by atoms with Gasteiger partial charge in [-0.2, -0.15) is 0 Å². The van der Waals surface area contributed by atoms with E-state index in [-0.39, 0.29) is 47.2 Å². The van der Waals surface area contributed by atoms with Gasteiger partial charge in [-0.3, -0.25) is 0 Å². The molecule has 35 heavy (non-hydrogen) atoms. The van der Waals surface area contributed by atoms with E-state index >= 15 is 0 Å². The summed E-state index contributed by atoms with van der Waals surface area (Å²) in [6.07, 6.45) is 0. The molecule has 0 amide bonds. The van der Waals surface area contributed by atoms with Gasteiger partial charge in [-0.15, -0.1) is 0 Å². The summed E-state index contributed by atoms with van der Waals surface area (Å²) >= 11 is 0. The summed E-state index contributed by atoms with van der Waals surface area (Å²) in [5.41, 5.74) is 8.38. The molecule has 3 nitrogen and oxygen atoms in total. The van der Waals surface area contributed by atoms with Gasteiger partial charge in [0.15, 0.2) is 0 Å². The van der Waals surface area contributed by atoms with Crippen molar-refractivity contribution in [3.05, 3.63) is 58.7 Å². The van der Waals surface area contributed by atoms with Crippen LogP contribution in [0.1, 0.15) is 101 Å². The smallest absolute Gasteiger partial charge is 0.0410 e. The molecule has 0 bridgehead atoms. The fraction of sp³-hybridized carbons (Fsp3) is 0.586. The van der Waals surface area contributed by atoms with Crippen LogP contribution in [0.4, 0.5) is 11.4 Å². The minimum Gasteiger partial charge on any atom is -1.00 e. The van der Waals surface area contributed by atoms with Crippen molar-refractivity contribution in [1.29, 1.82) is 0 Å². The fourth-order valence-electron chi connectivity index (χ4n) is 4.37. The predicted molar refractivity (Wildman–Crippen MR) is 144 cm³/mol. The van der Waals surface area contributed by atoms with Crippen molar-refractivity contribution in [3.8, 4) is 0 Å². The van der Waals surface area contributed by atoms with E-state index in [4.69, 9.17) is 0 Å². The topological polar surface area (TPSA) is 27.3 Å². The van der Waals surface area contributed by atoms with Crippen LogP contribution in [-0.4, -0.2) is 38.1 Å². The quantitative estimate of drug-likeness (QED) is 0.330. The SMILES string of the molecule is CC(C)c1cccc(C(C)C)c1NCCN(C)CCNc1c(C(C)C)cccc1C(C)C.[Au].[Cl-].[Cl-]. The second-order valence-electron chi connectivity index (χ2n) is 10.4. The Bertz CT molecular complexity index is 732. The second kappa shape index (κ2) is 17.7. The van der Waals surface area contributed by atoms with E-state index in [0.29, 0.717) is 23.7 Å². The number of nitrogens with one attached hydrogen (secondary N) is 2. The zero-order valence-electron chi connectivity index (χ0n) is 23.1. The van der Waals surface area contributed by atoms with Crippen LogP contribution < -0.4 is 35.4 Å². The van der Waals surface area contributed by atoms with Crippen molar-refractivity contribution in [2.24, 2.45) is 0 Å². The summed E-state index contributed by atoms with van der Waals surface area (Å²) in [7, 11) is 2.22. The van der Waals surface area contributed by atoms with Crippen molar-refractivity contribution >= 4 is 11.4 Å². The van der Waals surface area contributed by atoms with E-state index in [1.165, 1.54) is 33.6 Å². The van der Waals surface area contributed by atoms with Crippen LogP contribution in [0.25, 0.3) is 0 Å². The van der Waals surface area contributed by atoms with E-state index < -0.39 is 0 Å². The van der Waals surface area contributed by atoms with Gasteiger partial charge in [0, 0.05) is 59.9 Å². The van der Waals surface area contributed by atoms with Gasteiger partial charge in [0.25, 0.3) is 0 Å². The number of benzene rings is 2. The average Bonchev–Trinajstić information content (AvgIpc) is 2.73. The van der Waals surface area contributed by atoms with E-state index in [9.17, 15) is 0 Å². The number of hydrogen-bond acceptors (Lipinski definition) is 3. The molecule has 0 saturated heterocycles. The molecule has 0 atom stereocenters. The molecule has 0 unspecified atom stereocenters. The number of hydrogen-bond donors (Lipinski definition) is 2. The molecule has 0 aliphatic rings. The first-order chi connectivity index (χ1) is 15.1. The van der Waals surface area contributed by atoms with Crippen LogP contribution in [0.2, 0.25) is 0 Å². The number of para-hydroxylation sites is 2. The first kappa shape index (κ1) is 36.5. The Balaban J connectivity index is 0. The van der Waals surface area contributed by atoms with Gasteiger partial charge in [-0.25, -0.2) is 0 Å². The third-order valence-electron chi connectivity index (χ3n) is 6.34. The third-order valence-corrected chi connectivity index (χ3v) is 6.34. The molecule has 205 valence electrons. The monoisotopic (exact) mass is 704 g/mol. The summed E-state index contributed by atoms with van der Waals surface area (Å²) in [6.45, 7) is 22.2. The van der Waals surface area contributed by atoms with Crippen molar-refractivity contribution < 1.29 is 47.2 Å². The van der Waals surface area contributed by atoms with Crippen LogP contribution in [-0.2, 0) is 22.4 Å². The Kier molecular flexibility index (Phi) is 18.5. The van der Waals surface area contributed by atoms with Gasteiger partial charge in [-0.1, -0.05) is 91.8 Å². The summed E-state index contributed by atoms with van der Waals surface area (Å²) in [6, 6.07) is 13.5. The van der Waals surface area contributed by atoms with Crippen LogP contribution >= 0.6 is 0 Å². The van der Waals surface area contributed by atoms with Crippen LogP contribution in [0.15, 0.2) is 36.4 Å². The number of nitrogens with zero attached hydrogens (tertiary/aromatic N) is 1. The molecule has 0 saturated carbocycles. The maximum absolute atomic E-state index is 3.77. The Labute approximate surface area is 243 Å². The van der Waals surface area contributed by atoms with Gasteiger partial charge in [-0.05, 0) is 53.0 Å². The molecule has 6 heteroatoms. The predicted octanol–water partition coefficient (Wildman–Crippen LogP) is 1.64. The summed E-state index contributed by atoms with van der Waals surface area (Å²) in [4.78, 5) is 2.42. The first-order valence-corrected chi connectivity index (χ1v) is 12.5. The number of anilines is 2. The maximum atomic E-state index is 3.77. The zero-order valence-corrected chi connectivity index (χ0v) is 26.8. The molecular formula is C29H47AuCl2N3-2. The fourth-order valence-corrected chi connectivity index (χ4v) is 4.37. The minimum atomic E-state index is 0. The van der Waals surface area contributed by atoms with Crippen LogP contribution in [0.3, 0.4) is 0 Å². The van der Waals surface area contributed by atoms with Crippen molar-refractivity contribution in [1.82, 2.24) is 4.90 Å². The molecule has 1 radical (unpaired) electrons. The largest absolute Gasteiger partial charge is 1.00 e. The molecule has 2 N–H and O–H groups in total. The molecule has 0 heterocycles. The van der Waals surface area contributed by atoms with Crippen LogP contribution in [0.5, 0.6) is 0 Å². The van der Waals surface area contributed by atoms with Crippen LogP contribution in [0, 0.1) is 0 Å². The van der Waals surface area contributed by atoms with E-state index in [0.717, 1.165) is 26.2 Å². The van der Waals surface area contributed by atoms with Crippen molar-refractivity contribution in [2.45, 2.75) is 79.1 Å². The summed E-state index contributed by atoms with van der Waals surface area (Å²) < 4.78 is 0. The molecule has 2 aromatic rings. The molecule has 2 aromatic carbocycles. The molecule has 0 spiro atoms. The number of halogens is 2. The Morgan fingerprint density at radius 2 is 0.829 bits per heavy atom. The average molecular weight is 706 g/mol. The first-order valence-electron chi connectivity index (χ1n) is 12.5. The third kappa shape index (κ3) is 10.7. The van der Waals surface area contributed by atoms with Crippen molar-refractivity contribution in [2.75, 3.05) is 43.9 Å². The molecular weight excluding hydrogens is 658 g/mol. The zero-order chi connectivity index (χ0) is 23.8. The minimum absolute atomic E-state index is 0. The van der Waals surface area contributed by atoms with E-state index in [2.05, 4.69) is 114 Å². The molecule has 2 rings (SSSR count). The molecule has 0 fully saturated rings. The molecule has 0 aliphatic carbocycles. The van der Waals surface area contributed by atoms with Gasteiger partial charge in [0.2, 0.25) is 0 Å². The van der Waals surface area contributed by atoms with Crippen molar-refractivity contribution in [3.63, 3.8) is 0 Å². The second-order valence-corrected chi connectivity index (χ2v) is 10.4. The Hall–Kier alpha value is -0.680. The van der Waals surface area contributed by atoms with Gasteiger partial charge in [0.05, 0.1) is 0 Å². The van der Waals surface area contributed by atoms with E-state index in [1.807, 2.05) is 0 Å². The van der Waals surface area contributed by atoms with Gasteiger partial charge < -0.3 is 40.3 Å². The van der Waals surface area contributed by atoms with Gasteiger partial charge in [0.1, 0.15) is 0 Å². The normalized spacial score (nSPS) is 10.9. The van der Waals surface area contributed by atoms with E-state index in [1.54, 1.807) is 0 Å². The Morgan fingerprint density at radius 3 is 1.06 bits per heavy atom. The Morgan fingerprint density at radius 1 is 0.571 bits per heavy atom. The summed E-state index contributed by atoms with van der Waals surface area (Å²) in [5, 5.41) is 7.54. The number of rotatable bonds is 12. The summed E-state index contributed by atoms with van der Waals surface area (Å²) in [5.74, 6) is 2.09. The number of likely N-dealkylation sites (N-methyl/N-ethyl adjacent to an activating group) is 1. The standard InChI is InChI=1S/C29H47N3.Au.2ClH/c1-20(2)24-12-10-13-25(21(3)4)28(24)30-16-18-32(9)19-17-31-29-26(22(5)6)14-11-15-27(29)23(7)8;;;/h10-15,20-23,30-31H,16-19H2,1-9H3;;2*1H/p-2. The molecule has 0 aliphatic heterocycles.